The second-order valence-corrected chi connectivity index (χ2v) is 7.98. The normalized spacial score (nSPS) is 11.0. The Bertz CT molecular complexity index is 1290. The van der Waals surface area contributed by atoms with Crippen molar-refractivity contribution in [1.29, 1.82) is 0 Å². The summed E-state index contributed by atoms with van der Waals surface area (Å²) in [4.78, 5) is 37.9. The summed E-state index contributed by atoms with van der Waals surface area (Å²) in [6, 6.07) is 11.3. The highest BCUT2D eigenvalue weighted by atomic mass is 79.9. The molecule has 0 unspecified atom stereocenters. The molecule has 0 radical (unpaired) electrons. The largest absolute Gasteiger partial charge is 0.490 e. The molecular weight excluding hydrogens is 550 g/mol. The van der Waals surface area contributed by atoms with E-state index >= 15 is 0 Å². The van der Waals surface area contributed by atoms with Crippen LogP contribution in [0.4, 0.5) is 5.69 Å². The van der Waals surface area contributed by atoms with Gasteiger partial charge in [-0.05, 0) is 62.1 Å². The first-order valence-corrected chi connectivity index (χ1v) is 10.9. The van der Waals surface area contributed by atoms with E-state index in [2.05, 4.69) is 36.8 Å². The van der Waals surface area contributed by atoms with Crippen LogP contribution in [0.2, 0.25) is 0 Å². The maximum absolute atomic E-state index is 11.8. The molecule has 9 nitrogen and oxygen atoms in total. The Hall–Kier alpha value is -3.18. The Kier molecular flexibility index (Phi) is 7.65. The molecule has 32 heavy (non-hydrogen) atoms. The summed E-state index contributed by atoms with van der Waals surface area (Å²) in [6.07, 6.45) is 2.79. The molecule has 11 heteroatoms. The van der Waals surface area contributed by atoms with Gasteiger partial charge in [-0.2, -0.15) is 0 Å². The molecule has 0 aliphatic rings. The van der Waals surface area contributed by atoms with Gasteiger partial charge in [-0.3, -0.25) is 19.9 Å². The molecule has 2 aromatic carbocycles. The molecule has 0 aliphatic carbocycles. The highest BCUT2D eigenvalue weighted by Gasteiger charge is 2.20. The zero-order chi connectivity index (χ0) is 23.3. The van der Waals surface area contributed by atoms with Crippen molar-refractivity contribution >= 4 is 49.7 Å². The second kappa shape index (κ2) is 10.4. The lowest BCUT2D eigenvalue weighted by atomic mass is 10.1. The van der Waals surface area contributed by atoms with E-state index in [1.165, 1.54) is 12.2 Å². The lowest BCUT2D eigenvalue weighted by Gasteiger charge is -2.16. The van der Waals surface area contributed by atoms with Gasteiger partial charge < -0.3 is 14.5 Å². The van der Waals surface area contributed by atoms with Crippen LogP contribution in [0, 0.1) is 10.1 Å². The number of nitrogens with one attached hydrogen (secondary N) is 2. The summed E-state index contributed by atoms with van der Waals surface area (Å²) in [5, 5.41) is 11.2. The smallest absolute Gasteiger partial charge is 0.357 e. The molecule has 0 fully saturated rings. The number of benzene rings is 2. The van der Waals surface area contributed by atoms with E-state index in [0.717, 1.165) is 5.56 Å². The van der Waals surface area contributed by atoms with Crippen LogP contribution in [0.25, 0.3) is 12.2 Å². The number of nitrogens with zero attached hydrogens (tertiary/aromatic N) is 1. The first-order valence-electron chi connectivity index (χ1n) is 9.32. The minimum absolute atomic E-state index is 0.228. The van der Waals surface area contributed by atoms with Gasteiger partial charge in [0, 0.05) is 4.47 Å². The van der Waals surface area contributed by atoms with Crippen LogP contribution < -0.4 is 20.7 Å². The van der Waals surface area contributed by atoms with Crippen molar-refractivity contribution in [2.24, 2.45) is 0 Å². The van der Waals surface area contributed by atoms with Crippen molar-refractivity contribution in [2.45, 2.75) is 13.5 Å². The first-order chi connectivity index (χ1) is 15.3. The van der Waals surface area contributed by atoms with Crippen molar-refractivity contribution in [3.63, 3.8) is 0 Å². The number of ether oxygens (including phenoxy) is 2. The zero-order valence-corrected chi connectivity index (χ0v) is 19.9. The van der Waals surface area contributed by atoms with Gasteiger partial charge in [-0.15, -0.1) is 0 Å². The standard InChI is InChI=1S/C21H17Br2N3O6/c1-2-31-15-10-13(8-9-14-18(26(29)30)20(27)25-21(28)24-14)16(22)17(23)19(15)32-11-12-6-4-3-5-7-12/h3-10H,2,11H2,1H3,(H2,24,25,27,28)/b9-8+. The molecule has 1 heterocycles. The summed E-state index contributed by atoms with van der Waals surface area (Å²) in [7, 11) is 0. The predicted octanol–water partition coefficient (Wildman–Crippen LogP) is 4.64. The highest BCUT2D eigenvalue weighted by molar-refractivity contribution is 9.13. The summed E-state index contributed by atoms with van der Waals surface area (Å²) in [5.74, 6) is 0.933. The molecule has 0 saturated heterocycles. The highest BCUT2D eigenvalue weighted by Crippen LogP contribution is 2.43. The van der Waals surface area contributed by atoms with Crippen LogP contribution in [-0.2, 0) is 6.61 Å². The number of hydrogen-bond acceptors (Lipinski definition) is 6. The maximum atomic E-state index is 11.8. The monoisotopic (exact) mass is 565 g/mol. The van der Waals surface area contributed by atoms with E-state index in [9.17, 15) is 19.7 Å². The average molecular weight is 567 g/mol. The number of halogens is 2. The van der Waals surface area contributed by atoms with Gasteiger partial charge in [0.1, 0.15) is 12.3 Å². The molecule has 2 N–H and O–H groups in total. The molecule has 3 rings (SSSR count). The van der Waals surface area contributed by atoms with Crippen molar-refractivity contribution < 1.29 is 14.4 Å². The fourth-order valence-electron chi connectivity index (χ4n) is 2.83. The average Bonchev–Trinajstić information content (AvgIpc) is 2.75. The Morgan fingerprint density at radius 3 is 2.44 bits per heavy atom. The molecule has 1 aromatic heterocycles. The summed E-state index contributed by atoms with van der Waals surface area (Å²) in [5.41, 5.74) is -1.37. The van der Waals surface area contributed by atoms with Gasteiger partial charge in [0.25, 0.3) is 0 Å². The van der Waals surface area contributed by atoms with E-state index < -0.39 is 21.9 Å². The number of aromatic amines is 2. The van der Waals surface area contributed by atoms with Gasteiger partial charge in [0.15, 0.2) is 11.5 Å². The predicted molar refractivity (Wildman–Crippen MR) is 127 cm³/mol. The Morgan fingerprint density at radius 1 is 1.06 bits per heavy atom. The zero-order valence-electron chi connectivity index (χ0n) is 16.7. The lowest BCUT2D eigenvalue weighted by molar-refractivity contribution is -0.386. The summed E-state index contributed by atoms with van der Waals surface area (Å²) < 4.78 is 12.9. The molecule has 0 atom stereocenters. The van der Waals surface area contributed by atoms with Crippen LogP contribution in [0.1, 0.15) is 23.7 Å². The molecule has 0 aliphatic heterocycles. The van der Waals surface area contributed by atoms with E-state index in [1.807, 2.05) is 42.2 Å². The minimum Gasteiger partial charge on any atom is -0.490 e. The van der Waals surface area contributed by atoms with Gasteiger partial charge >= 0.3 is 16.9 Å². The summed E-state index contributed by atoms with van der Waals surface area (Å²) >= 11 is 6.99. The molecule has 0 spiro atoms. The Labute approximate surface area is 198 Å². The molecule has 0 saturated carbocycles. The number of aromatic nitrogens is 2. The van der Waals surface area contributed by atoms with Gasteiger partial charge in [0.2, 0.25) is 0 Å². The third kappa shape index (κ3) is 5.35. The van der Waals surface area contributed by atoms with E-state index in [-0.39, 0.29) is 5.69 Å². The molecular formula is C21H17Br2N3O6. The minimum atomic E-state index is -1.08. The molecule has 0 amide bonds. The second-order valence-electron chi connectivity index (χ2n) is 6.39. The van der Waals surface area contributed by atoms with Crippen LogP contribution >= 0.6 is 31.9 Å². The molecule has 3 aromatic rings. The third-order valence-electron chi connectivity index (χ3n) is 4.24. The molecule has 166 valence electrons. The number of hydrogen-bond donors (Lipinski definition) is 2. The Balaban J connectivity index is 2.01. The topological polar surface area (TPSA) is 127 Å². The van der Waals surface area contributed by atoms with Crippen LogP contribution in [0.15, 0.2) is 54.9 Å². The maximum Gasteiger partial charge on any atom is 0.357 e. The summed E-state index contributed by atoms with van der Waals surface area (Å²) in [6.45, 7) is 2.53. The van der Waals surface area contributed by atoms with Gasteiger partial charge in [0.05, 0.1) is 16.0 Å². The number of nitro groups is 1. The molecule has 0 bridgehead atoms. The van der Waals surface area contributed by atoms with Crippen molar-refractivity contribution in [3.8, 4) is 11.5 Å². The van der Waals surface area contributed by atoms with Gasteiger partial charge in [-0.1, -0.05) is 36.4 Å². The fourth-order valence-corrected chi connectivity index (χ4v) is 3.79. The first kappa shape index (κ1) is 23.5. The number of H-pyrrole nitrogens is 2. The van der Waals surface area contributed by atoms with Crippen LogP contribution in [0.5, 0.6) is 11.5 Å². The van der Waals surface area contributed by atoms with E-state index in [1.54, 1.807) is 6.07 Å². The Morgan fingerprint density at radius 2 is 1.78 bits per heavy atom. The fraction of sp³-hybridized carbons (Fsp3) is 0.143. The number of rotatable bonds is 8. The van der Waals surface area contributed by atoms with Crippen molar-refractivity contribution in [2.75, 3.05) is 6.61 Å². The third-order valence-corrected chi connectivity index (χ3v) is 6.38. The SMILES string of the molecule is CCOc1cc(/C=C/c2[nH]c(=O)[nH]c(=O)c2[N+](=O)[O-])c(Br)c(Br)c1OCc1ccccc1. The van der Waals surface area contributed by atoms with E-state index in [0.29, 0.717) is 39.2 Å². The van der Waals surface area contributed by atoms with Crippen LogP contribution in [0.3, 0.4) is 0 Å². The quantitative estimate of drug-likeness (QED) is 0.302. The van der Waals surface area contributed by atoms with Crippen molar-refractivity contribution in [1.82, 2.24) is 9.97 Å². The lowest BCUT2D eigenvalue weighted by Crippen LogP contribution is -2.25. The van der Waals surface area contributed by atoms with Crippen LogP contribution in [-0.4, -0.2) is 21.5 Å². The van der Waals surface area contributed by atoms with Crippen molar-refractivity contribution in [3.05, 3.63) is 93.1 Å². The van der Waals surface area contributed by atoms with E-state index in [4.69, 9.17) is 9.47 Å². The van der Waals surface area contributed by atoms with Gasteiger partial charge in [-0.25, -0.2) is 4.79 Å².